The van der Waals surface area contributed by atoms with Crippen LogP contribution in [-0.4, -0.2) is 66.5 Å². The van der Waals surface area contributed by atoms with Crippen LogP contribution in [0.15, 0.2) is 36.4 Å². The van der Waals surface area contributed by atoms with Gasteiger partial charge in [0, 0.05) is 37.7 Å². The van der Waals surface area contributed by atoms with Crippen molar-refractivity contribution in [3.05, 3.63) is 52.5 Å². The van der Waals surface area contributed by atoms with Crippen molar-refractivity contribution >= 4 is 23.6 Å². The molecule has 1 fully saturated rings. The highest BCUT2D eigenvalue weighted by Gasteiger charge is 2.33. The van der Waals surface area contributed by atoms with Crippen LogP contribution in [-0.2, 0) is 11.2 Å². The number of halogens is 1. The molecule has 0 bridgehead atoms. The van der Waals surface area contributed by atoms with E-state index in [4.69, 9.17) is 21.1 Å². The van der Waals surface area contributed by atoms with Crippen molar-refractivity contribution in [1.29, 1.82) is 0 Å². The third-order valence-electron chi connectivity index (χ3n) is 5.32. The molecule has 2 aromatic carbocycles. The number of ether oxygens (including phenoxy) is 2. The molecular formula is C21H21ClN2O5. The summed E-state index contributed by atoms with van der Waals surface area (Å²) in [7, 11) is 1.46. The molecule has 7 nitrogen and oxygen atoms in total. The molecule has 1 saturated heterocycles. The predicted octanol–water partition coefficient (Wildman–Crippen LogP) is 3.35. The average Bonchev–Trinajstić information content (AvgIpc) is 3.20. The fraction of sp³-hybridized carbons (Fsp3) is 0.333. The predicted molar refractivity (Wildman–Crippen MR) is 108 cm³/mol. The van der Waals surface area contributed by atoms with E-state index in [1.807, 2.05) is 30.3 Å². The van der Waals surface area contributed by atoms with E-state index in [2.05, 4.69) is 0 Å². The van der Waals surface area contributed by atoms with E-state index in [0.717, 1.165) is 21.6 Å². The Bertz CT molecular complexity index is 958. The van der Waals surface area contributed by atoms with Gasteiger partial charge in [-0.15, -0.1) is 0 Å². The molecule has 4 rings (SSSR count). The van der Waals surface area contributed by atoms with E-state index in [-0.39, 0.29) is 5.91 Å². The highest BCUT2D eigenvalue weighted by atomic mass is 35.5. The van der Waals surface area contributed by atoms with Crippen molar-refractivity contribution in [1.82, 2.24) is 9.80 Å². The maximum absolute atomic E-state index is 13.1. The number of carbonyl (C=O) groups is 2. The molecule has 2 aromatic rings. The van der Waals surface area contributed by atoms with Crippen LogP contribution in [0.1, 0.15) is 15.9 Å². The van der Waals surface area contributed by atoms with Gasteiger partial charge < -0.3 is 19.5 Å². The van der Waals surface area contributed by atoms with Gasteiger partial charge in [0.05, 0.1) is 18.2 Å². The second kappa shape index (κ2) is 7.93. The summed E-state index contributed by atoms with van der Waals surface area (Å²) in [5.74, 6) is 0.418. The van der Waals surface area contributed by atoms with Crippen LogP contribution in [0.4, 0.5) is 4.79 Å². The first-order chi connectivity index (χ1) is 14.0. The van der Waals surface area contributed by atoms with Crippen LogP contribution in [0, 0.1) is 0 Å². The fourth-order valence-electron chi connectivity index (χ4n) is 3.71. The van der Waals surface area contributed by atoms with Crippen LogP contribution in [0.5, 0.6) is 5.75 Å². The zero-order valence-electron chi connectivity index (χ0n) is 15.9. The first kappa shape index (κ1) is 19.5. The third kappa shape index (κ3) is 3.63. The van der Waals surface area contributed by atoms with Crippen LogP contribution in [0.3, 0.4) is 0 Å². The zero-order valence-corrected chi connectivity index (χ0v) is 16.7. The Kier molecular flexibility index (Phi) is 5.34. The van der Waals surface area contributed by atoms with Gasteiger partial charge in [0.15, 0.2) is 6.23 Å². The Hall–Kier alpha value is -2.77. The summed E-state index contributed by atoms with van der Waals surface area (Å²) < 4.78 is 11.2. The van der Waals surface area contributed by atoms with Crippen molar-refractivity contribution in [2.45, 2.75) is 12.6 Å². The highest BCUT2D eigenvalue weighted by Crippen LogP contribution is 2.43. The van der Waals surface area contributed by atoms with Gasteiger partial charge in [-0.3, -0.25) is 9.69 Å². The van der Waals surface area contributed by atoms with Gasteiger partial charge in [0.2, 0.25) is 0 Å². The summed E-state index contributed by atoms with van der Waals surface area (Å²) >= 11 is 6.32. The Morgan fingerprint density at radius 1 is 1.14 bits per heavy atom. The highest BCUT2D eigenvalue weighted by molar-refractivity contribution is 6.32. The van der Waals surface area contributed by atoms with Gasteiger partial charge in [-0.2, -0.15) is 0 Å². The van der Waals surface area contributed by atoms with E-state index >= 15 is 0 Å². The quantitative estimate of drug-likeness (QED) is 0.830. The van der Waals surface area contributed by atoms with Gasteiger partial charge in [-0.1, -0.05) is 35.9 Å². The summed E-state index contributed by atoms with van der Waals surface area (Å²) in [5.41, 5.74) is 2.99. The van der Waals surface area contributed by atoms with Gasteiger partial charge in [0.25, 0.3) is 5.91 Å². The Morgan fingerprint density at radius 3 is 2.59 bits per heavy atom. The molecule has 29 heavy (non-hydrogen) atoms. The largest absolute Gasteiger partial charge is 0.468 e. The van der Waals surface area contributed by atoms with E-state index < -0.39 is 12.3 Å². The molecule has 1 unspecified atom stereocenters. The lowest BCUT2D eigenvalue weighted by Gasteiger charge is -2.27. The van der Waals surface area contributed by atoms with Gasteiger partial charge >= 0.3 is 6.09 Å². The van der Waals surface area contributed by atoms with Gasteiger partial charge in [0.1, 0.15) is 5.75 Å². The summed E-state index contributed by atoms with van der Waals surface area (Å²) in [4.78, 5) is 27.4. The van der Waals surface area contributed by atoms with Crippen molar-refractivity contribution in [2.24, 2.45) is 0 Å². The monoisotopic (exact) mass is 416 g/mol. The number of likely N-dealkylation sites (N-methyl/N-ethyl adjacent to an activating group) is 1. The maximum atomic E-state index is 13.1. The number of amides is 2. The molecule has 0 aliphatic carbocycles. The number of hydrogen-bond donors (Lipinski definition) is 1. The normalized spacial score (nSPS) is 18.1. The van der Waals surface area contributed by atoms with Gasteiger partial charge in [-0.25, -0.2) is 4.79 Å². The smallest absolute Gasteiger partial charge is 0.409 e. The number of benzene rings is 2. The van der Waals surface area contributed by atoms with Crippen molar-refractivity contribution in [3.63, 3.8) is 0 Å². The molecule has 0 spiro atoms. The molecule has 8 heteroatoms. The number of morpholine rings is 1. The first-order valence-electron chi connectivity index (χ1n) is 9.37. The second-order valence-corrected chi connectivity index (χ2v) is 7.43. The number of carbonyl (C=O) groups excluding carboxylic acids is 1. The Balaban J connectivity index is 1.74. The van der Waals surface area contributed by atoms with Gasteiger partial charge in [-0.05, 0) is 23.3 Å². The lowest BCUT2D eigenvalue weighted by atomic mass is 9.93. The summed E-state index contributed by atoms with van der Waals surface area (Å²) in [5, 5.41) is 9.71. The Labute approximate surface area is 173 Å². The van der Waals surface area contributed by atoms with Crippen molar-refractivity contribution in [2.75, 3.05) is 33.4 Å². The molecule has 0 aromatic heterocycles. The molecule has 2 amide bonds. The van der Waals surface area contributed by atoms with Crippen LogP contribution < -0.4 is 4.74 Å². The van der Waals surface area contributed by atoms with E-state index in [1.54, 1.807) is 11.0 Å². The maximum Gasteiger partial charge on any atom is 0.409 e. The minimum atomic E-state index is -1.08. The Morgan fingerprint density at radius 2 is 1.86 bits per heavy atom. The molecule has 2 heterocycles. The lowest BCUT2D eigenvalue weighted by molar-refractivity contribution is 0.0303. The molecule has 0 radical (unpaired) electrons. The number of fused-ring (bicyclic) bond motifs is 1. The van der Waals surface area contributed by atoms with Crippen LogP contribution >= 0.6 is 11.6 Å². The summed E-state index contributed by atoms with van der Waals surface area (Å²) in [6.45, 7) is 2.17. The first-order valence-corrected chi connectivity index (χ1v) is 9.75. The molecule has 2 aliphatic heterocycles. The van der Waals surface area contributed by atoms with E-state index in [0.29, 0.717) is 49.1 Å². The van der Waals surface area contributed by atoms with Crippen molar-refractivity contribution < 1.29 is 24.2 Å². The van der Waals surface area contributed by atoms with Crippen molar-refractivity contribution in [3.8, 4) is 16.9 Å². The number of nitrogens with zero attached hydrogens (tertiary/aromatic N) is 2. The summed E-state index contributed by atoms with van der Waals surface area (Å²) in [6, 6.07) is 11.0. The molecule has 2 aliphatic rings. The minimum Gasteiger partial charge on any atom is -0.468 e. The average molecular weight is 417 g/mol. The number of carboxylic acid groups (broad SMARTS) is 1. The fourth-order valence-corrected chi connectivity index (χ4v) is 3.94. The topological polar surface area (TPSA) is 79.3 Å². The van der Waals surface area contributed by atoms with Crippen LogP contribution in [0.25, 0.3) is 11.1 Å². The molecule has 152 valence electrons. The van der Waals surface area contributed by atoms with E-state index in [9.17, 15) is 14.7 Å². The molecule has 0 saturated carbocycles. The minimum absolute atomic E-state index is 0.0503. The summed E-state index contributed by atoms with van der Waals surface area (Å²) in [6.07, 6.45) is -1.39. The number of rotatable bonds is 3. The molecular weight excluding hydrogens is 396 g/mol. The lowest BCUT2D eigenvalue weighted by Crippen LogP contribution is -2.40. The van der Waals surface area contributed by atoms with Crippen LogP contribution in [0.2, 0.25) is 5.02 Å². The second-order valence-electron chi connectivity index (χ2n) is 7.02. The SMILES string of the molecule is CN(C(=O)O)C1Cc2c(-c3ccccc3C(=O)N3CCOCC3)ccc(Cl)c2O1. The molecule has 1 atom stereocenters. The van der Waals surface area contributed by atoms with E-state index in [1.165, 1.54) is 7.05 Å². The standard InChI is InChI=1S/C21H21ClN2O5/c1-23(21(26)27)18-12-16-14(6-7-17(22)19(16)29-18)13-4-2-3-5-15(13)20(25)24-8-10-28-11-9-24/h2-7,18H,8-12H2,1H3,(H,26,27). The zero-order chi connectivity index (χ0) is 20.5. The molecule has 1 N–H and O–H groups in total. The number of hydrogen-bond acceptors (Lipinski definition) is 4. The third-order valence-corrected chi connectivity index (χ3v) is 5.62.